The van der Waals surface area contributed by atoms with Crippen LogP contribution in [-0.2, 0) is 22.8 Å². The molecule has 10 heteroatoms. The van der Waals surface area contributed by atoms with Crippen LogP contribution in [0.2, 0.25) is 0 Å². The molecule has 0 spiro atoms. The van der Waals surface area contributed by atoms with Crippen molar-refractivity contribution in [3.05, 3.63) is 71.0 Å². The second-order valence-electron chi connectivity index (χ2n) is 10.1. The first kappa shape index (κ1) is 29.4. The van der Waals surface area contributed by atoms with E-state index in [1.807, 2.05) is 50.5 Å². The highest BCUT2D eigenvalue weighted by Crippen LogP contribution is 2.34. The van der Waals surface area contributed by atoms with Crippen molar-refractivity contribution >= 4 is 21.4 Å². The zero-order valence-corrected chi connectivity index (χ0v) is 24.4. The van der Waals surface area contributed by atoms with Crippen LogP contribution in [0, 0.1) is 5.82 Å². The Bertz CT molecular complexity index is 1510. The summed E-state index contributed by atoms with van der Waals surface area (Å²) in [5.41, 5.74) is 3.87. The van der Waals surface area contributed by atoms with E-state index in [4.69, 9.17) is 9.47 Å². The normalized spacial score (nSPS) is 13.4. The van der Waals surface area contributed by atoms with Gasteiger partial charge in [0.25, 0.3) is 5.91 Å². The Kier molecular flexibility index (Phi) is 9.00. The number of amides is 1. The summed E-state index contributed by atoms with van der Waals surface area (Å²) >= 11 is 0. The predicted octanol–water partition coefficient (Wildman–Crippen LogP) is 4.48. The Morgan fingerprint density at radius 2 is 1.85 bits per heavy atom. The lowest BCUT2D eigenvalue weighted by atomic mass is 10.0. The minimum absolute atomic E-state index is 0.0958. The Morgan fingerprint density at radius 3 is 2.52 bits per heavy atom. The van der Waals surface area contributed by atoms with Crippen molar-refractivity contribution in [2.45, 2.75) is 24.8 Å². The van der Waals surface area contributed by atoms with Gasteiger partial charge in [-0.3, -0.25) is 4.79 Å². The highest BCUT2D eigenvalue weighted by molar-refractivity contribution is 7.90. The number of rotatable bonds is 9. The van der Waals surface area contributed by atoms with E-state index in [1.54, 1.807) is 18.9 Å². The maximum atomic E-state index is 15.1. The van der Waals surface area contributed by atoms with Crippen molar-refractivity contribution in [2.24, 2.45) is 0 Å². The molecule has 0 aromatic heterocycles. The minimum Gasteiger partial charge on any atom is -0.495 e. The number of hydrogen-bond donors (Lipinski definition) is 1. The van der Waals surface area contributed by atoms with Gasteiger partial charge in [-0.2, -0.15) is 0 Å². The van der Waals surface area contributed by atoms with Crippen molar-refractivity contribution in [2.75, 3.05) is 59.0 Å². The summed E-state index contributed by atoms with van der Waals surface area (Å²) in [6, 6.07) is 14.4. The summed E-state index contributed by atoms with van der Waals surface area (Å²) in [5, 5.41) is 3.40. The third-order valence-electron chi connectivity index (χ3n) is 6.93. The van der Waals surface area contributed by atoms with Crippen LogP contribution in [0.1, 0.15) is 28.4 Å². The summed E-state index contributed by atoms with van der Waals surface area (Å²) in [7, 11) is 1.92. The second kappa shape index (κ2) is 12.3. The number of halogens is 1. The summed E-state index contributed by atoms with van der Waals surface area (Å²) in [4.78, 5) is 16.9. The van der Waals surface area contributed by atoms with Crippen molar-refractivity contribution in [3.8, 4) is 22.6 Å². The van der Waals surface area contributed by atoms with Crippen molar-refractivity contribution in [1.29, 1.82) is 0 Å². The van der Waals surface area contributed by atoms with Gasteiger partial charge in [-0.05, 0) is 68.0 Å². The molecule has 4 rings (SSSR count). The molecule has 0 radical (unpaired) electrons. The Labute approximate surface area is 235 Å². The maximum absolute atomic E-state index is 15.1. The van der Waals surface area contributed by atoms with Crippen LogP contribution in [-0.4, -0.2) is 77.8 Å². The first-order chi connectivity index (χ1) is 19.0. The average Bonchev–Trinajstić information content (AvgIpc) is 3.13. The summed E-state index contributed by atoms with van der Waals surface area (Å²) < 4.78 is 50.7. The fourth-order valence-corrected chi connectivity index (χ4v) is 5.54. The van der Waals surface area contributed by atoms with Crippen LogP contribution >= 0.6 is 0 Å². The van der Waals surface area contributed by atoms with Gasteiger partial charge >= 0.3 is 0 Å². The molecule has 1 amide bonds. The number of hydrogen-bond acceptors (Lipinski definition) is 7. The lowest BCUT2D eigenvalue weighted by Gasteiger charge is -2.22. The van der Waals surface area contributed by atoms with Crippen molar-refractivity contribution in [3.63, 3.8) is 0 Å². The molecule has 0 fully saturated rings. The van der Waals surface area contributed by atoms with Gasteiger partial charge in [0.15, 0.2) is 9.84 Å². The van der Waals surface area contributed by atoms with Gasteiger partial charge in [-0.15, -0.1) is 0 Å². The largest absolute Gasteiger partial charge is 0.495 e. The number of carbonyl (C=O) groups is 1. The quantitative estimate of drug-likeness (QED) is 0.407. The van der Waals surface area contributed by atoms with Gasteiger partial charge in [0.05, 0.1) is 19.3 Å². The van der Waals surface area contributed by atoms with Crippen LogP contribution < -0.4 is 14.8 Å². The number of anilines is 1. The number of carbonyl (C=O) groups excluding carboxylic acids is 1. The van der Waals surface area contributed by atoms with E-state index >= 15 is 4.39 Å². The number of likely N-dealkylation sites (N-methyl/N-ethyl adjacent to an activating group) is 1. The molecule has 0 saturated heterocycles. The van der Waals surface area contributed by atoms with Gasteiger partial charge in [-0.25, -0.2) is 12.8 Å². The van der Waals surface area contributed by atoms with E-state index in [-0.39, 0.29) is 36.6 Å². The van der Waals surface area contributed by atoms with Crippen LogP contribution in [0.3, 0.4) is 0 Å². The zero-order chi connectivity index (χ0) is 29.0. The summed E-state index contributed by atoms with van der Waals surface area (Å²) in [6.07, 6.45) is 1.14. The first-order valence-electron chi connectivity index (χ1n) is 13.2. The van der Waals surface area contributed by atoms with E-state index in [2.05, 4.69) is 10.2 Å². The Morgan fingerprint density at radius 1 is 1.12 bits per heavy atom. The maximum Gasteiger partial charge on any atom is 0.254 e. The van der Waals surface area contributed by atoms with Gasteiger partial charge in [0, 0.05) is 42.6 Å². The Hall–Kier alpha value is -3.63. The van der Waals surface area contributed by atoms with Gasteiger partial charge in [-0.1, -0.05) is 19.1 Å². The van der Waals surface area contributed by atoms with E-state index < -0.39 is 20.5 Å². The molecule has 8 nitrogen and oxygen atoms in total. The molecule has 1 aliphatic rings. The zero-order valence-electron chi connectivity index (χ0n) is 23.6. The van der Waals surface area contributed by atoms with E-state index in [0.29, 0.717) is 12.3 Å². The van der Waals surface area contributed by atoms with Gasteiger partial charge < -0.3 is 24.6 Å². The summed E-state index contributed by atoms with van der Waals surface area (Å²) in [6.45, 7) is 4.23. The summed E-state index contributed by atoms with van der Waals surface area (Å²) in [5.74, 6) is 0.180. The van der Waals surface area contributed by atoms with Crippen LogP contribution in [0.15, 0.2) is 53.4 Å². The molecule has 1 heterocycles. The molecule has 1 N–H and O–H groups in total. The molecule has 0 bridgehead atoms. The number of methoxy groups -OCH3 is 1. The second-order valence-corrected chi connectivity index (χ2v) is 12.1. The minimum atomic E-state index is -3.76. The first-order valence-corrected chi connectivity index (χ1v) is 15.1. The SMILES string of the molecule is CCc1c(C(=O)N2CCOc3ccc(-c4ccc(NCCN(C)C)c(OC)c4)cc3C2)ccc(S(C)(=O)=O)c1F. The van der Waals surface area contributed by atoms with E-state index in [9.17, 15) is 13.2 Å². The van der Waals surface area contributed by atoms with Crippen molar-refractivity contribution < 1.29 is 27.1 Å². The Balaban J connectivity index is 1.61. The van der Waals surface area contributed by atoms with Gasteiger partial charge in [0.1, 0.15) is 28.8 Å². The highest BCUT2D eigenvalue weighted by Gasteiger charge is 2.27. The topological polar surface area (TPSA) is 88.2 Å². The molecular formula is C30H36FN3O5S. The third-order valence-corrected chi connectivity index (χ3v) is 8.04. The van der Waals surface area contributed by atoms with Gasteiger partial charge in [0.2, 0.25) is 0 Å². The number of nitrogens with one attached hydrogen (secondary N) is 1. The lowest BCUT2D eigenvalue weighted by molar-refractivity contribution is 0.0731. The fourth-order valence-electron chi connectivity index (χ4n) is 4.78. The molecule has 214 valence electrons. The molecule has 0 aliphatic carbocycles. The molecule has 3 aromatic rings. The van der Waals surface area contributed by atoms with E-state index in [1.165, 1.54) is 12.1 Å². The van der Waals surface area contributed by atoms with Crippen molar-refractivity contribution in [1.82, 2.24) is 9.80 Å². The molecular weight excluding hydrogens is 533 g/mol. The number of ether oxygens (including phenoxy) is 2. The average molecular weight is 570 g/mol. The number of nitrogens with zero attached hydrogens (tertiary/aromatic N) is 2. The fraction of sp³-hybridized carbons (Fsp3) is 0.367. The van der Waals surface area contributed by atoms with Crippen LogP contribution in [0.25, 0.3) is 11.1 Å². The predicted molar refractivity (Wildman–Crippen MR) is 155 cm³/mol. The lowest BCUT2D eigenvalue weighted by Crippen LogP contribution is -2.33. The molecule has 0 atom stereocenters. The molecule has 0 saturated carbocycles. The molecule has 3 aromatic carbocycles. The number of sulfone groups is 1. The van der Waals surface area contributed by atoms with E-state index in [0.717, 1.165) is 47.5 Å². The van der Waals surface area contributed by atoms with Crippen LogP contribution in [0.4, 0.5) is 10.1 Å². The smallest absolute Gasteiger partial charge is 0.254 e. The standard InChI is InChI=1S/C30H36FN3O5S/c1-6-23-24(9-12-28(29(23)31)40(5,36)37)30(35)34-15-16-39-26-11-8-20(17-22(26)19-34)21-7-10-25(27(18-21)38-4)32-13-14-33(2)3/h7-12,17-18,32H,6,13-16,19H2,1-5H3. The number of fused-ring (bicyclic) bond motifs is 1. The molecule has 40 heavy (non-hydrogen) atoms. The third kappa shape index (κ3) is 6.39. The molecule has 1 aliphatic heterocycles. The van der Waals surface area contributed by atoms with Crippen LogP contribution in [0.5, 0.6) is 11.5 Å². The highest BCUT2D eigenvalue weighted by atomic mass is 32.2. The monoisotopic (exact) mass is 569 g/mol. The number of benzene rings is 3. The molecule has 0 unspecified atom stereocenters.